The number of ether oxygens (including phenoxy) is 1. The molecule has 0 bridgehead atoms. The van der Waals surface area contributed by atoms with Gasteiger partial charge in [-0.05, 0) is 62.1 Å². The largest absolute Gasteiger partial charge is 0.476 e. The van der Waals surface area contributed by atoms with Crippen molar-refractivity contribution in [3.8, 4) is 5.88 Å². The Kier molecular flexibility index (Phi) is 5.30. The van der Waals surface area contributed by atoms with Crippen LogP contribution in [0.3, 0.4) is 0 Å². The molecule has 0 radical (unpaired) electrons. The highest BCUT2D eigenvalue weighted by Gasteiger charge is 2.34. The number of hydrogen-bond acceptors (Lipinski definition) is 5. The number of pyridine rings is 2. The molecule has 2 amide bonds. The Morgan fingerprint density at radius 2 is 2.06 bits per heavy atom. The van der Waals surface area contributed by atoms with Gasteiger partial charge in [0.1, 0.15) is 10.8 Å². The van der Waals surface area contributed by atoms with Gasteiger partial charge in [0.05, 0.1) is 19.2 Å². The van der Waals surface area contributed by atoms with Crippen LogP contribution < -0.4 is 10.1 Å². The van der Waals surface area contributed by atoms with Crippen LogP contribution in [0.25, 0.3) is 0 Å². The van der Waals surface area contributed by atoms with E-state index < -0.39 is 0 Å². The number of aromatic nitrogens is 2. The van der Waals surface area contributed by atoms with E-state index in [1.165, 1.54) is 12.8 Å². The van der Waals surface area contributed by atoms with Crippen molar-refractivity contribution in [2.75, 3.05) is 11.9 Å². The van der Waals surface area contributed by atoms with Crippen LogP contribution >= 0.6 is 11.6 Å². The molecule has 1 unspecified atom stereocenters. The summed E-state index contributed by atoms with van der Waals surface area (Å²) in [5.74, 6) is 1.89. The molecule has 0 spiro atoms. The minimum Gasteiger partial charge on any atom is -0.476 e. The molecular formula is C23H25ClN4O3. The molecule has 2 aliphatic carbocycles. The molecular weight excluding hydrogens is 416 g/mol. The highest BCUT2D eigenvalue weighted by molar-refractivity contribution is 6.31. The number of nitrogens with zero attached hydrogens (tertiary/aromatic N) is 3. The van der Waals surface area contributed by atoms with E-state index in [9.17, 15) is 9.59 Å². The van der Waals surface area contributed by atoms with Crippen molar-refractivity contribution in [3.63, 3.8) is 0 Å². The Morgan fingerprint density at radius 3 is 2.77 bits per heavy atom. The predicted octanol–water partition coefficient (Wildman–Crippen LogP) is 4.37. The molecule has 2 aromatic rings. The van der Waals surface area contributed by atoms with Crippen LogP contribution in [0.5, 0.6) is 5.88 Å². The van der Waals surface area contributed by atoms with E-state index in [-0.39, 0.29) is 17.9 Å². The first-order valence-electron chi connectivity index (χ1n) is 10.9. The Bertz CT molecular complexity index is 1040. The number of halogens is 1. The maximum Gasteiger partial charge on any atom is 0.255 e. The van der Waals surface area contributed by atoms with E-state index in [1.54, 1.807) is 23.4 Å². The third-order valence-corrected chi connectivity index (χ3v) is 6.51. The number of carbonyl (C=O) groups excluding carboxylic acids is 2. The first-order chi connectivity index (χ1) is 15.0. The minimum atomic E-state index is -0.239. The van der Waals surface area contributed by atoms with Gasteiger partial charge in [-0.15, -0.1) is 0 Å². The second-order valence-corrected chi connectivity index (χ2v) is 9.21. The van der Waals surface area contributed by atoms with Gasteiger partial charge >= 0.3 is 0 Å². The summed E-state index contributed by atoms with van der Waals surface area (Å²) in [6.07, 6.45) is 8.41. The molecule has 1 N–H and O–H groups in total. The van der Waals surface area contributed by atoms with Crippen molar-refractivity contribution in [3.05, 3.63) is 46.2 Å². The van der Waals surface area contributed by atoms with Crippen molar-refractivity contribution in [2.24, 2.45) is 11.8 Å². The lowest BCUT2D eigenvalue weighted by Crippen LogP contribution is -2.27. The fraction of sp³-hybridized carbons (Fsp3) is 0.478. The van der Waals surface area contributed by atoms with E-state index in [2.05, 4.69) is 15.3 Å². The summed E-state index contributed by atoms with van der Waals surface area (Å²) in [6, 6.07) is 3.28. The molecule has 162 valence electrons. The fourth-order valence-corrected chi connectivity index (χ4v) is 4.10. The van der Waals surface area contributed by atoms with Crippen LogP contribution in [0.4, 0.5) is 5.82 Å². The summed E-state index contributed by atoms with van der Waals surface area (Å²) >= 11 is 6.39. The summed E-state index contributed by atoms with van der Waals surface area (Å²) in [4.78, 5) is 35.8. The zero-order chi connectivity index (χ0) is 21.5. The van der Waals surface area contributed by atoms with Gasteiger partial charge in [0, 0.05) is 29.9 Å². The summed E-state index contributed by atoms with van der Waals surface area (Å²) in [7, 11) is 0. The zero-order valence-electron chi connectivity index (χ0n) is 17.4. The molecule has 2 saturated carbocycles. The molecule has 3 aliphatic rings. The molecule has 8 heteroatoms. The van der Waals surface area contributed by atoms with Crippen LogP contribution in [-0.4, -0.2) is 33.3 Å². The molecule has 0 saturated heterocycles. The smallest absolute Gasteiger partial charge is 0.255 e. The van der Waals surface area contributed by atoms with E-state index in [1.807, 2.05) is 13.0 Å². The van der Waals surface area contributed by atoms with Crippen LogP contribution in [0, 0.1) is 11.8 Å². The lowest BCUT2D eigenvalue weighted by Gasteiger charge is -2.25. The second-order valence-electron chi connectivity index (χ2n) is 8.80. The van der Waals surface area contributed by atoms with Crippen molar-refractivity contribution < 1.29 is 14.3 Å². The van der Waals surface area contributed by atoms with Crippen molar-refractivity contribution >= 4 is 29.2 Å². The number of anilines is 1. The molecule has 2 aromatic heterocycles. The van der Waals surface area contributed by atoms with Crippen LogP contribution in [0.1, 0.15) is 66.6 Å². The molecule has 0 aromatic carbocycles. The number of amides is 2. The topological polar surface area (TPSA) is 84.4 Å². The monoisotopic (exact) mass is 440 g/mol. The van der Waals surface area contributed by atoms with E-state index in [0.29, 0.717) is 53.7 Å². The highest BCUT2D eigenvalue weighted by atomic mass is 35.5. The number of hydrogen-bond donors (Lipinski definition) is 1. The van der Waals surface area contributed by atoms with Gasteiger partial charge in [-0.25, -0.2) is 9.97 Å². The van der Waals surface area contributed by atoms with Gasteiger partial charge in [0.2, 0.25) is 11.8 Å². The number of fused-ring (bicyclic) bond motifs is 1. The van der Waals surface area contributed by atoms with Gasteiger partial charge in [-0.1, -0.05) is 11.6 Å². The van der Waals surface area contributed by atoms with Crippen molar-refractivity contribution in [1.29, 1.82) is 0 Å². The quantitative estimate of drug-likeness (QED) is 0.658. The number of carbonyl (C=O) groups is 2. The van der Waals surface area contributed by atoms with Crippen LogP contribution in [0.2, 0.25) is 5.02 Å². The maximum absolute atomic E-state index is 13.1. The lowest BCUT2D eigenvalue weighted by atomic mass is 10.1. The average molecular weight is 441 g/mol. The molecule has 5 rings (SSSR count). The summed E-state index contributed by atoms with van der Waals surface area (Å²) in [5, 5.41) is 3.35. The summed E-state index contributed by atoms with van der Waals surface area (Å²) in [6.45, 7) is 2.96. The standard InChI is InChI=1S/C23H25ClN4O3/c1-13(16-9-19(24)22(26-10-16)31-12-15-4-5-15)28-11-18-17(23(28)30)6-7-25-21(18)27-20(29)8-14-2-3-14/h6-7,9-10,13-15H,2-5,8,11-12H2,1H3,(H,25,27,29). The maximum atomic E-state index is 13.1. The minimum absolute atomic E-state index is 0.0416. The Morgan fingerprint density at radius 1 is 1.29 bits per heavy atom. The third-order valence-electron chi connectivity index (χ3n) is 6.24. The second kappa shape index (κ2) is 8.11. The molecule has 7 nitrogen and oxygen atoms in total. The number of rotatable bonds is 8. The van der Waals surface area contributed by atoms with Gasteiger partial charge in [-0.2, -0.15) is 0 Å². The first kappa shape index (κ1) is 20.2. The van der Waals surface area contributed by atoms with Crippen molar-refractivity contribution in [1.82, 2.24) is 14.9 Å². The highest BCUT2D eigenvalue weighted by Crippen LogP contribution is 2.37. The molecule has 31 heavy (non-hydrogen) atoms. The third kappa shape index (κ3) is 4.37. The van der Waals surface area contributed by atoms with E-state index in [0.717, 1.165) is 24.0 Å². The van der Waals surface area contributed by atoms with Gasteiger partial charge in [-0.3, -0.25) is 9.59 Å². The fourth-order valence-electron chi connectivity index (χ4n) is 3.87. The van der Waals surface area contributed by atoms with Gasteiger partial charge in [0.15, 0.2) is 0 Å². The Hall–Kier alpha value is -2.67. The van der Waals surface area contributed by atoms with Gasteiger partial charge in [0.25, 0.3) is 5.91 Å². The normalized spacial score (nSPS) is 18.6. The first-order valence-corrected chi connectivity index (χ1v) is 11.2. The van der Waals surface area contributed by atoms with E-state index in [4.69, 9.17) is 16.3 Å². The molecule has 2 fully saturated rings. The Balaban J connectivity index is 1.30. The van der Waals surface area contributed by atoms with Gasteiger partial charge < -0.3 is 15.0 Å². The number of nitrogens with one attached hydrogen (secondary N) is 1. The average Bonchev–Trinajstić information content (AvgIpc) is 3.68. The van der Waals surface area contributed by atoms with Crippen LogP contribution in [-0.2, 0) is 11.3 Å². The predicted molar refractivity (Wildman–Crippen MR) is 116 cm³/mol. The SMILES string of the molecule is CC(c1cnc(OCC2CC2)c(Cl)c1)N1Cc2c(ccnc2NC(=O)CC2CC2)C1=O. The van der Waals surface area contributed by atoms with E-state index >= 15 is 0 Å². The molecule has 3 heterocycles. The summed E-state index contributed by atoms with van der Waals surface area (Å²) in [5.41, 5.74) is 2.16. The molecule has 1 aliphatic heterocycles. The van der Waals surface area contributed by atoms with Crippen LogP contribution in [0.15, 0.2) is 24.5 Å². The summed E-state index contributed by atoms with van der Waals surface area (Å²) < 4.78 is 5.71. The molecule has 1 atom stereocenters. The zero-order valence-corrected chi connectivity index (χ0v) is 18.2. The Labute approximate surface area is 186 Å². The van der Waals surface area contributed by atoms with Crippen molar-refractivity contribution in [2.45, 2.75) is 51.6 Å². The lowest BCUT2D eigenvalue weighted by molar-refractivity contribution is -0.116.